The van der Waals surface area contributed by atoms with Crippen molar-refractivity contribution in [2.75, 3.05) is 18.6 Å². The van der Waals surface area contributed by atoms with Crippen LogP contribution >= 0.6 is 0 Å². The van der Waals surface area contributed by atoms with Crippen LogP contribution in [0.5, 0.6) is 0 Å². The Morgan fingerprint density at radius 3 is 2.43 bits per heavy atom. The van der Waals surface area contributed by atoms with E-state index in [1.165, 1.54) is 0 Å². The molecule has 1 aliphatic carbocycles. The number of aliphatic carboxylic acids is 1. The zero-order chi connectivity index (χ0) is 10.6. The Morgan fingerprint density at radius 1 is 1.50 bits per heavy atom. The Hall–Kier alpha value is -0.620. The first-order valence-corrected chi connectivity index (χ1v) is 6.38. The van der Waals surface area contributed by atoms with Crippen LogP contribution in [0, 0.1) is 5.41 Å². The van der Waals surface area contributed by atoms with Gasteiger partial charge in [-0.05, 0) is 12.8 Å². The zero-order valence-corrected chi connectivity index (χ0v) is 8.63. The maximum Gasteiger partial charge on any atom is 0.312 e. The number of hydrogen-bond donors (Lipinski definition) is 1. The highest BCUT2D eigenvalue weighted by molar-refractivity contribution is 7.90. The number of sulfone groups is 1. The first-order valence-electron chi connectivity index (χ1n) is 4.32. The quantitative estimate of drug-likeness (QED) is 0.704. The molecule has 0 amide bonds. The minimum atomic E-state index is -3.10. The summed E-state index contributed by atoms with van der Waals surface area (Å²) in [6, 6.07) is 0. The van der Waals surface area contributed by atoms with E-state index >= 15 is 0 Å². The molecule has 0 aromatic carbocycles. The summed E-state index contributed by atoms with van der Waals surface area (Å²) in [6.45, 7) is 0.151. The third-order valence-corrected chi connectivity index (χ3v) is 4.01. The fourth-order valence-corrected chi connectivity index (χ4v) is 3.75. The summed E-state index contributed by atoms with van der Waals surface area (Å²) < 4.78 is 27.4. The molecular formula is C8H12O5S. The predicted octanol–water partition coefficient (Wildman–Crippen LogP) is -0.335. The van der Waals surface area contributed by atoms with Gasteiger partial charge in [0.25, 0.3) is 0 Å². The van der Waals surface area contributed by atoms with E-state index in [1.54, 1.807) is 0 Å². The van der Waals surface area contributed by atoms with Crippen molar-refractivity contribution < 1.29 is 23.1 Å². The van der Waals surface area contributed by atoms with E-state index in [2.05, 4.69) is 0 Å². The average Bonchev–Trinajstić information content (AvgIpc) is 2.37. The van der Waals surface area contributed by atoms with Crippen LogP contribution in [0.25, 0.3) is 0 Å². The number of ether oxygens (including phenoxy) is 1. The van der Waals surface area contributed by atoms with Crippen LogP contribution in [0.15, 0.2) is 0 Å². The molecule has 14 heavy (non-hydrogen) atoms. The molecule has 0 atom stereocenters. The van der Waals surface area contributed by atoms with Crippen LogP contribution < -0.4 is 0 Å². The Kier molecular flexibility index (Phi) is 1.76. The van der Waals surface area contributed by atoms with Crippen LogP contribution in [0.1, 0.15) is 12.8 Å². The molecule has 3 aliphatic rings. The van der Waals surface area contributed by atoms with Crippen molar-refractivity contribution in [1.82, 2.24) is 0 Å². The molecule has 2 saturated heterocycles. The van der Waals surface area contributed by atoms with Crippen LogP contribution in [0.4, 0.5) is 0 Å². The van der Waals surface area contributed by atoms with Gasteiger partial charge in [0.15, 0.2) is 0 Å². The van der Waals surface area contributed by atoms with Crippen molar-refractivity contribution in [3.63, 3.8) is 0 Å². The number of carboxylic acid groups (broad SMARTS) is 1. The largest absolute Gasteiger partial charge is 0.481 e. The smallest absolute Gasteiger partial charge is 0.312 e. The lowest BCUT2D eigenvalue weighted by Crippen LogP contribution is -2.52. The molecule has 0 unspecified atom stereocenters. The van der Waals surface area contributed by atoms with Crippen LogP contribution in [-0.4, -0.2) is 43.7 Å². The third kappa shape index (κ3) is 1.33. The number of carboxylic acids is 1. The molecule has 1 saturated carbocycles. The second-order valence-corrected chi connectivity index (χ2v) is 6.62. The molecule has 0 aromatic heterocycles. The summed E-state index contributed by atoms with van der Waals surface area (Å²) in [5, 5.41) is 8.89. The van der Waals surface area contributed by atoms with Gasteiger partial charge >= 0.3 is 5.97 Å². The lowest BCUT2D eigenvalue weighted by atomic mass is 9.63. The summed E-state index contributed by atoms with van der Waals surface area (Å²) in [7, 11) is -3.10. The zero-order valence-electron chi connectivity index (χ0n) is 7.82. The van der Waals surface area contributed by atoms with Gasteiger partial charge in [0.05, 0.1) is 23.4 Å². The van der Waals surface area contributed by atoms with E-state index in [4.69, 9.17) is 9.84 Å². The minimum Gasteiger partial charge on any atom is -0.481 e. The molecule has 2 aliphatic heterocycles. The van der Waals surface area contributed by atoms with Gasteiger partial charge in [-0.25, -0.2) is 8.42 Å². The maximum absolute atomic E-state index is 11.1. The highest BCUT2D eigenvalue weighted by atomic mass is 32.2. The summed E-state index contributed by atoms with van der Waals surface area (Å²) in [4.78, 5) is 10.8. The van der Waals surface area contributed by atoms with Gasteiger partial charge in [0.1, 0.15) is 9.84 Å². The average molecular weight is 220 g/mol. The normalized spacial score (nSPS) is 40.6. The lowest BCUT2D eigenvalue weighted by Gasteiger charge is -2.41. The van der Waals surface area contributed by atoms with E-state index in [0.29, 0.717) is 12.8 Å². The van der Waals surface area contributed by atoms with Gasteiger partial charge in [-0.3, -0.25) is 4.79 Å². The maximum atomic E-state index is 11.1. The van der Waals surface area contributed by atoms with Crippen LogP contribution in [0.2, 0.25) is 0 Å². The standard InChI is InChI=1S/C8H12O5S/c1-14(11,12)5-8-2-7(3-8,4-13-8)6(9)10/h2-5H2,1H3,(H,9,10). The van der Waals surface area contributed by atoms with Crippen molar-refractivity contribution in [2.24, 2.45) is 5.41 Å². The van der Waals surface area contributed by atoms with Crippen molar-refractivity contribution in [3.05, 3.63) is 0 Å². The molecule has 2 heterocycles. The Balaban J connectivity index is 2.11. The van der Waals surface area contributed by atoms with Gasteiger partial charge in [0, 0.05) is 6.26 Å². The summed E-state index contributed by atoms with van der Waals surface area (Å²) in [5.41, 5.74) is -1.50. The molecule has 6 heteroatoms. The van der Waals surface area contributed by atoms with Crippen LogP contribution in [-0.2, 0) is 19.4 Å². The summed E-state index contributed by atoms with van der Waals surface area (Å²) in [5.74, 6) is -0.936. The SMILES string of the molecule is CS(=O)(=O)CC12CC(C(=O)O)(CO1)C2. The van der Waals surface area contributed by atoms with Crippen molar-refractivity contribution in [2.45, 2.75) is 18.4 Å². The molecule has 0 radical (unpaired) electrons. The van der Waals surface area contributed by atoms with Crippen LogP contribution in [0.3, 0.4) is 0 Å². The molecule has 1 N–H and O–H groups in total. The van der Waals surface area contributed by atoms with E-state index in [0.717, 1.165) is 6.26 Å². The lowest BCUT2D eigenvalue weighted by molar-refractivity contribution is -0.153. The number of fused-ring (bicyclic) bond motifs is 1. The predicted molar refractivity (Wildman–Crippen MR) is 47.7 cm³/mol. The van der Waals surface area contributed by atoms with Gasteiger partial charge < -0.3 is 9.84 Å². The summed E-state index contributed by atoms with van der Waals surface area (Å²) >= 11 is 0. The number of rotatable bonds is 3. The van der Waals surface area contributed by atoms with E-state index in [9.17, 15) is 13.2 Å². The fourth-order valence-electron chi connectivity index (χ4n) is 2.51. The molecule has 2 bridgehead atoms. The minimum absolute atomic E-state index is 0.0605. The topological polar surface area (TPSA) is 80.7 Å². The molecule has 5 nitrogen and oxygen atoms in total. The molecular weight excluding hydrogens is 208 g/mol. The Labute approximate surface area is 82.0 Å². The molecule has 3 fully saturated rings. The molecule has 0 spiro atoms. The number of hydrogen-bond acceptors (Lipinski definition) is 4. The first-order chi connectivity index (χ1) is 6.27. The van der Waals surface area contributed by atoms with Gasteiger partial charge in [-0.15, -0.1) is 0 Å². The van der Waals surface area contributed by atoms with Gasteiger partial charge in [-0.1, -0.05) is 0 Å². The monoisotopic (exact) mass is 220 g/mol. The first kappa shape index (κ1) is 9.92. The molecule has 3 rings (SSSR count). The summed E-state index contributed by atoms with van der Waals surface area (Å²) in [6.07, 6.45) is 1.81. The Bertz CT molecular complexity index is 377. The second kappa shape index (κ2) is 2.49. The second-order valence-electron chi connectivity index (χ2n) is 4.48. The van der Waals surface area contributed by atoms with E-state index in [-0.39, 0.29) is 12.4 Å². The Morgan fingerprint density at radius 2 is 2.07 bits per heavy atom. The van der Waals surface area contributed by atoms with Gasteiger partial charge in [-0.2, -0.15) is 0 Å². The van der Waals surface area contributed by atoms with E-state index in [1.807, 2.05) is 0 Å². The molecule has 80 valence electrons. The third-order valence-electron chi connectivity index (χ3n) is 2.95. The molecule has 0 aromatic rings. The number of carbonyl (C=O) groups is 1. The van der Waals surface area contributed by atoms with Crippen molar-refractivity contribution >= 4 is 15.8 Å². The highest BCUT2D eigenvalue weighted by Gasteiger charge is 2.67. The highest BCUT2D eigenvalue weighted by Crippen LogP contribution is 2.58. The van der Waals surface area contributed by atoms with E-state index < -0.39 is 26.8 Å². The van der Waals surface area contributed by atoms with Gasteiger partial charge in [0.2, 0.25) is 0 Å². The van der Waals surface area contributed by atoms with Crippen molar-refractivity contribution in [1.29, 1.82) is 0 Å². The van der Waals surface area contributed by atoms with Crippen molar-refractivity contribution in [3.8, 4) is 0 Å². The fraction of sp³-hybridized carbons (Fsp3) is 0.875.